The molecule has 0 spiro atoms. The standard InChI is InChI=1S/C14H28N2/c1-3-15-12(2)11-16-10-6-9-14(16)13-7-4-5-8-13/h12-15H,3-11H2,1-2H3. The molecule has 2 fully saturated rings. The van der Waals surface area contributed by atoms with Crippen molar-refractivity contribution in [3.8, 4) is 0 Å². The van der Waals surface area contributed by atoms with Crippen LogP contribution in [0.5, 0.6) is 0 Å². The lowest BCUT2D eigenvalue weighted by Crippen LogP contribution is -2.43. The minimum absolute atomic E-state index is 0.659. The summed E-state index contributed by atoms with van der Waals surface area (Å²) in [6, 6.07) is 1.58. The van der Waals surface area contributed by atoms with Crippen molar-refractivity contribution in [1.29, 1.82) is 0 Å². The van der Waals surface area contributed by atoms with Gasteiger partial charge >= 0.3 is 0 Å². The Hall–Kier alpha value is -0.0800. The van der Waals surface area contributed by atoms with E-state index in [-0.39, 0.29) is 0 Å². The van der Waals surface area contributed by atoms with E-state index >= 15 is 0 Å². The fourth-order valence-corrected chi connectivity index (χ4v) is 3.72. The van der Waals surface area contributed by atoms with E-state index in [1.54, 1.807) is 0 Å². The molecule has 16 heavy (non-hydrogen) atoms. The van der Waals surface area contributed by atoms with Gasteiger partial charge in [0.1, 0.15) is 0 Å². The minimum atomic E-state index is 0.659. The van der Waals surface area contributed by atoms with Crippen molar-refractivity contribution in [1.82, 2.24) is 10.2 Å². The van der Waals surface area contributed by atoms with Crippen molar-refractivity contribution in [2.24, 2.45) is 5.92 Å². The van der Waals surface area contributed by atoms with Crippen LogP contribution in [0.15, 0.2) is 0 Å². The molecular formula is C14H28N2. The van der Waals surface area contributed by atoms with Gasteiger partial charge in [-0.2, -0.15) is 0 Å². The van der Waals surface area contributed by atoms with Crippen molar-refractivity contribution in [3.05, 3.63) is 0 Å². The van der Waals surface area contributed by atoms with E-state index in [2.05, 4.69) is 24.1 Å². The van der Waals surface area contributed by atoms with Crippen molar-refractivity contribution in [2.75, 3.05) is 19.6 Å². The van der Waals surface area contributed by atoms with Crippen LogP contribution in [0.2, 0.25) is 0 Å². The van der Waals surface area contributed by atoms with E-state index in [1.165, 1.54) is 51.6 Å². The Morgan fingerprint density at radius 2 is 1.94 bits per heavy atom. The zero-order chi connectivity index (χ0) is 11.4. The summed E-state index contributed by atoms with van der Waals surface area (Å²) in [5.74, 6) is 1.02. The third kappa shape index (κ3) is 2.98. The number of hydrogen-bond donors (Lipinski definition) is 1. The number of likely N-dealkylation sites (tertiary alicyclic amines) is 1. The van der Waals surface area contributed by atoms with Gasteiger partial charge in [0.15, 0.2) is 0 Å². The predicted octanol–water partition coefficient (Wildman–Crippen LogP) is 2.64. The second kappa shape index (κ2) is 6.02. The molecule has 1 aliphatic heterocycles. The van der Waals surface area contributed by atoms with Crippen LogP contribution in [-0.4, -0.2) is 36.6 Å². The summed E-state index contributed by atoms with van der Waals surface area (Å²) in [7, 11) is 0. The lowest BCUT2D eigenvalue weighted by molar-refractivity contribution is 0.176. The Morgan fingerprint density at radius 1 is 1.19 bits per heavy atom. The van der Waals surface area contributed by atoms with Gasteiger partial charge in [0.25, 0.3) is 0 Å². The Balaban J connectivity index is 1.82. The van der Waals surface area contributed by atoms with Crippen molar-refractivity contribution in [3.63, 3.8) is 0 Å². The Kier molecular flexibility index (Phi) is 4.66. The largest absolute Gasteiger partial charge is 0.313 e. The highest BCUT2D eigenvalue weighted by atomic mass is 15.2. The van der Waals surface area contributed by atoms with E-state index in [0.717, 1.165) is 18.5 Å². The molecule has 2 heteroatoms. The highest BCUT2D eigenvalue weighted by molar-refractivity contribution is 4.88. The Morgan fingerprint density at radius 3 is 2.62 bits per heavy atom. The van der Waals surface area contributed by atoms with E-state index < -0.39 is 0 Å². The van der Waals surface area contributed by atoms with Crippen molar-refractivity contribution >= 4 is 0 Å². The van der Waals surface area contributed by atoms with Gasteiger partial charge in [-0.3, -0.25) is 4.90 Å². The van der Waals surface area contributed by atoms with Crippen LogP contribution in [0, 0.1) is 5.92 Å². The summed E-state index contributed by atoms with van der Waals surface area (Å²) < 4.78 is 0. The smallest absolute Gasteiger partial charge is 0.0166 e. The molecule has 2 aliphatic rings. The van der Waals surface area contributed by atoms with E-state index in [9.17, 15) is 0 Å². The quantitative estimate of drug-likeness (QED) is 0.772. The third-order valence-electron chi connectivity index (χ3n) is 4.42. The number of nitrogens with one attached hydrogen (secondary N) is 1. The Bertz CT molecular complexity index is 199. The average molecular weight is 224 g/mol. The molecule has 0 radical (unpaired) electrons. The van der Waals surface area contributed by atoms with E-state index in [1.807, 2.05) is 0 Å². The molecule has 2 rings (SSSR count). The molecule has 1 saturated heterocycles. The van der Waals surface area contributed by atoms with Gasteiger partial charge in [-0.15, -0.1) is 0 Å². The molecule has 0 aromatic carbocycles. The number of hydrogen-bond acceptors (Lipinski definition) is 2. The maximum absolute atomic E-state index is 3.54. The summed E-state index contributed by atoms with van der Waals surface area (Å²) in [6.45, 7) is 8.23. The first-order valence-corrected chi connectivity index (χ1v) is 7.28. The predicted molar refractivity (Wildman–Crippen MR) is 69.7 cm³/mol. The van der Waals surface area contributed by atoms with Gasteiger partial charge in [-0.05, 0) is 51.6 Å². The van der Waals surface area contributed by atoms with Crippen LogP contribution in [-0.2, 0) is 0 Å². The van der Waals surface area contributed by atoms with Gasteiger partial charge in [-0.25, -0.2) is 0 Å². The molecule has 0 aromatic heterocycles. The normalized spacial score (nSPS) is 30.0. The fourth-order valence-electron chi connectivity index (χ4n) is 3.72. The van der Waals surface area contributed by atoms with Crippen LogP contribution in [0.4, 0.5) is 0 Å². The lowest BCUT2D eigenvalue weighted by atomic mass is 9.96. The molecule has 1 heterocycles. The number of nitrogens with zero attached hydrogens (tertiary/aromatic N) is 1. The van der Waals surface area contributed by atoms with E-state index in [4.69, 9.17) is 0 Å². The first-order chi connectivity index (χ1) is 7.81. The maximum Gasteiger partial charge on any atom is 0.0166 e. The van der Waals surface area contributed by atoms with Crippen LogP contribution in [0.1, 0.15) is 52.4 Å². The minimum Gasteiger partial charge on any atom is -0.313 e. The molecule has 1 saturated carbocycles. The average Bonchev–Trinajstić information content (AvgIpc) is 2.86. The summed E-state index contributed by atoms with van der Waals surface area (Å²) in [6.07, 6.45) is 8.85. The van der Waals surface area contributed by atoms with Crippen molar-refractivity contribution in [2.45, 2.75) is 64.5 Å². The second-order valence-electron chi connectivity index (χ2n) is 5.71. The molecule has 0 amide bonds. The third-order valence-corrected chi connectivity index (χ3v) is 4.42. The molecule has 0 bridgehead atoms. The topological polar surface area (TPSA) is 15.3 Å². The fraction of sp³-hybridized carbons (Fsp3) is 1.00. The molecule has 2 unspecified atom stereocenters. The SMILES string of the molecule is CCNC(C)CN1CCCC1C1CCCC1. The molecule has 94 valence electrons. The zero-order valence-electron chi connectivity index (χ0n) is 11.0. The first kappa shape index (κ1) is 12.4. The Labute approximate surface area is 101 Å². The molecular weight excluding hydrogens is 196 g/mol. The molecule has 2 nitrogen and oxygen atoms in total. The molecule has 0 aromatic rings. The maximum atomic E-state index is 3.54. The van der Waals surface area contributed by atoms with Gasteiger partial charge in [0, 0.05) is 18.6 Å². The van der Waals surface area contributed by atoms with E-state index in [0.29, 0.717) is 6.04 Å². The number of likely N-dealkylation sites (N-methyl/N-ethyl adjacent to an activating group) is 1. The zero-order valence-corrected chi connectivity index (χ0v) is 11.0. The highest BCUT2D eigenvalue weighted by Crippen LogP contribution is 2.35. The summed E-state index contributed by atoms with van der Waals surface area (Å²) >= 11 is 0. The van der Waals surface area contributed by atoms with Crippen LogP contribution in [0.3, 0.4) is 0 Å². The summed E-state index contributed by atoms with van der Waals surface area (Å²) in [5.41, 5.74) is 0. The first-order valence-electron chi connectivity index (χ1n) is 7.28. The highest BCUT2D eigenvalue weighted by Gasteiger charge is 2.33. The van der Waals surface area contributed by atoms with Gasteiger partial charge in [0.05, 0.1) is 0 Å². The molecule has 1 N–H and O–H groups in total. The second-order valence-corrected chi connectivity index (χ2v) is 5.71. The molecule has 1 aliphatic carbocycles. The lowest BCUT2D eigenvalue weighted by Gasteiger charge is -2.31. The van der Waals surface area contributed by atoms with Gasteiger partial charge in [-0.1, -0.05) is 19.8 Å². The molecule has 2 atom stereocenters. The van der Waals surface area contributed by atoms with Crippen LogP contribution in [0.25, 0.3) is 0 Å². The van der Waals surface area contributed by atoms with Gasteiger partial charge < -0.3 is 5.32 Å². The summed E-state index contributed by atoms with van der Waals surface area (Å²) in [5, 5.41) is 3.54. The van der Waals surface area contributed by atoms with Crippen LogP contribution < -0.4 is 5.32 Å². The number of rotatable bonds is 5. The van der Waals surface area contributed by atoms with Gasteiger partial charge in [0.2, 0.25) is 0 Å². The summed E-state index contributed by atoms with van der Waals surface area (Å²) in [4.78, 5) is 2.77. The monoisotopic (exact) mass is 224 g/mol. The van der Waals surface area contributed by atoms with Crippen molar-refractivity contribution < 1.29 is 0 Å². The van der Waals surface area contributed by atoms with Crippen LogP contribution >= 0.6 is 0 Å².